The second-order valence-electron chi connectivity index (χ2n) is 2.56. The molecule has 0 rings (SSSR count). The van der Waals surface area contributed by atoms with E-state index in [9.17, 15) is 4.79 Å². The van der Waals surface area contributed by atoms with Crippen molar-refractivity contribution in [3.05, 3.63) is 0 Å². The summed E-state index contributed by atoms with van der Waals surface area (Å²) in [4.78, 5) is 10.0. The van der Waals surface area contributed by atoms with E-state index in [4.69, 9.17) is 5.11 Å². The van der Waals surface area contributed by atoms with E-state index in [2.05, 4.69) is 6.92 Å². The van der Waals surface area contributed by atoms with Crippen molar-refractivity contribution in [1.82, 2.24) is 0 Å². The number of carboxylic acids is 1. The van der Waals surface area contributed by atoms with E-state index in [0.717, 1.165) is 12.8 Å². The summed E-state index contributed by atoms with van der Waals surface area (Å²) in [5.41, 5.74) is 0. The van der Waals surface area contributed by atoms with E-state index in [-0.39, 0.29) is 0 Å². The van der Waals surface area contributed by atoms with E-state index in [0.29, 0.717) is 6.42 Å². The maximum atomic E-state index is 10.0. The molecule has 0 fully saturated rings. The van der Waals surface area contributed by atoms with Crippen molar-refractivity contribution >= 4 is 5.97 Å². The zero-order valence-corrected chi connectivity index (χ0v) is 6.60. The third-order valence-electron chi connectivity index (χ3n) is 1.49. The molecule has 0 saturated heterocycles. The van der Waals surface area contributed by atoms with Crippen LogP contribution in [0.3, 0.4) is 0 Å². The molecule has 1 N–H and O–H groups in total. The van der Waals surface area contributed by atoms with E-state index in [1.165, 1.54) is 19.3 Å². The minimum Gasteiger partial charge on any atom is -0.481 e. The fourth-order valence-corrected chi connectivity index (χ4v) is 0.880. The highest BCUT2D eigenvalue weighted by atomic mass is 16.3. The van der Waals surface area contributed by atoms with Gasteiger partial charge in [0.2, 0.25) is 0 Å². The molecular weight excluding hydrogens is 127 g/mol. The molecule has 0 aliphatic carbocycles. The summed E-state index contributed by atoms with van der Waals surface area (Å²) < 4.78 is 0. The van der Waals surface area contributed by atoms with Crippen molar-refractivity contribution in [1.29, 1.82) is 0 Å². The van der Waals surface area contributed by atoms with Crippen LogP contribution in [0.25, 0.3) is 0 Å². The number of carboxylic acid groups (broad SMARTS) is 1. The van der Waals surface area contributed by atoms with Crippen LogP contribution in [0.4, 0.5) is 0 Å². The van der Waals surface area contributed by atoms with E-state index in [1.807, 2.05) is 0 Å². The maximum absolute atomic E-state index is 10.0. The van der Waals surface area contributed by atoms with E-state index >= 15 is 0 Å². The van der Waals surface area contributed by atoms with Crippen LogP contribution < -0.4 is 0 Å². The van der Waals surface area contributed by atoms with Crippen molar-refractivity contribution in [3.63, 3.8) is 0 Å². The van der Waals surface area contributed by atoms with Gasteiger partial charge < -0.3 is 5.11 Å². The summed E-state index contributed by atoms with van der Waals surface area (Å²) in [6, 6.07) is 0. The highest BCUT2D eigenvalue weighted by Crippen LogP contribution is 2.04. The quantitative estimate of drug-likeness (QED) is 0.580. The number of hydrogen-bond donors (Lipinski definition) is 1. The maximum Gasteiger partial charge on any atom is 0.303 e. The van der Waals surface area contributed by atoms with Gasteiger partial charge in [0.25, 0.3) is 0 Å². The Labute approximate surface area is 62.2 Å². The van der Waals surface area contributed by atoms with Crippen molar-refractivity contribution in [2.24, 2.45) is 0 Å². The predicted octanol–water partition coefficient (Wildman–Crippen LogP) is 2.43. The average Bonchev–Trinajstić information content (AvgIpc) is 1.87. The first-order valence-electron chi connectivity index (χ1n) is 3.99. The number of rotatable bonds is 6. The second-order valence-corrected chi connectivity index (χ2v) is 2.56. The van der Waals surface area contributed by atoms with Crippen molar-refractivity contribution in [3.8, 4) is 0 Å². The molecule has 0 heterocycles. The Balaban J connectivity index is 2.84. The Kier molecular flexibility index (Phi) is 6.24. The highest BCUT2D eigenvalue weighted by molar-refractivity contribution is 5.66. The van der Waals surface area contributed by atoms with Crippen molar-refractivity contribution < 1.29 is 9.90 Å². The molecule has 0 amide bonds. The van der Waals surface area contributed by atoms with Gasteiger partial charge in [-0.15, -0.1) is 0 Å². The van der Waals surface area contributed by atoms with Crippen LogP contribution in [0.1, 0.15) is 45.4 Å². The first kappa shape index (κ1) is 9.47. The number of carbonyl (C=O) groups is 1. The van der Waals surface area contributed by atoms with Crippen LogP contribution in [0, 0.1) is 0 Å². The van der Waals surface area contributed by atoms with Gasteiger partial charge in [-0.25, -0.2) is 0 Å². The van der Waals surface area contributed by atoms with E-state index in [1.54, 1.807) is 0 Å². The standard InChI is InChI=1S/C8H16O2/c1-2-3-4-5-6-7-8(9)10/h2-7H2,1H3,(H,9,10)/i8-1. The average molecular weight is 143 g/mol. The van der Waals surface area contributed by atoms with Gasteiger partial charge in [0.05, 0.1) is 0 Å². The fourth-order valence-electron chi connectivity index (χ4n) is 0.880. The molecule has 0 aliphatic rings. The highest BCUT2D eigenvalue weighted by Gasteiger charge is 1.94. The Bertz CT molecular complexity index is 89.3. The fraction of sp³-hybridized carbons (Fsp3) is 0.875. The van der Waals surface area contributed by atoms with Crippen LogP contribution in [-0.2, 0) is 4.79 Å². The first-order valence-corrected chi connectivity index (χ1v) is 3.99. The monoisotopic (exact) mass is 143 g/mol. The molecule has 0 aromatic carbocycles. The molecule has 0 aromatic rings. The van der Waals surface area contributed by atoms with Gasteiger partial charge in [-0.05, 0) is 6.42 Å². The molecule has 2 heteroatoms. The molecule has 0 saturated carbocycles. The Hall–Kier alpha value is -0.530. The van der Waals surface area contributed by atoms with Gasteiger partial charge in [-0.2, -0.15) is 0 Å². The summed E-state index contributed by atoms with van der Waals surface area (Å²) in [6.45, 7) is 2.15. The molecule has 60 valence electrons. The molecule has 0 unspecified atom stereocenters. The third-order valence-corrected chi connectivity index (χ3v) is 1.49. The molecule has 10 heavy (non-hydrogen) atoms. The molecule has 0 aliphatic heterocycles. The minimum absolute atomic E-state index is 0.337. The molecule has 0 atom stereocenters. The smallest absolute Gasteiger partial charge is 0.303 e. The zero-order chi connectivity index (χ0) is 7.82. The molecule has 0 radical (unpaired) electrons. The van der Waals surface area contributed by atoms with Crippen LogP contribution in [0.15, 0.2) is 0 Å². The lowest BCUT2D eigenvalue weighted by molar-refractivity contribution is -0.137. The summed E-state index contributed by atoms with van der Waals surface area (Å²) in [5, 5.41) is 8.27. The molecular formula is C8H16O2. The van der Waals surface area contributed by atoms with Gasteiger partial charge in [-0.3, -0.25) is 4.79 Å². The molecule has 0 spiro atoms. The summed E-state index contributed by atoms with van der Waals surface area (Å²) in [5.74, 6) is -0.670. The van der Waals surface area contributed by atoms with Crippen molar-refractivity contribution in [2.45, 2.75) is 45.4 Å². The predicted molar refractivity (Wildman–Crippen MR) is 41.0 cm³/mol. The van der Waals surface area contributed by atoms with E-state index < -0.39 is 5.97 Å². The Morgan fingerprint density at radius 3 is 2.30 bits per heavy atom. The Morgan fingerprint density at radius 1 is 1.20 bits per heavy atom. The topological polar surface area (TPSA) is 37.3 Å². The van der Waals surface area contributed by atoms with Crippen LogP contribution in [-0.4, -0.2) is 11.1 Å². The van der Waals surface area contributed by atoms with Crippen LogP contribution in [0.2, 0.25) is 0 Å². The number of aliphatic carboxylic acids is 1. The van der Waals surface area contributed by atoms with Gasteiger partial charge in [-0.1, -0.05) is 32.6 Å². The zero-order valence-electron chi connectivity index (χ0n) is 6.60. The third kappa shape index (κ3) is 7.47. The summed E-state index contributed by atoms with van der Waals surface area (Å²) >= 11 is 0. The largest absolute Gasteiger partial charge is 0.481 e. The summed E-state index contributed by atoms with van der Waals surface area (Å²) in [6.07, 6.45) is 5.88. The summed E-state index contributed by atoms with van der Waals surface area (Å²) in [7, 11) is 0. The van der Waals surface area contributed by atoms with Gasteiger partial charge >= 0.3 is 5.97 Å². The number of unbranched alkanes of at least 4 members (excludes halogenated alkanes) is 4. The van der Waals surface area contributed by atoms with Crippen molar-refractivity contribution in [2.75, 3.05) is 0 Å². The van der Waals surface area contributed by atoms with Crippen LogP contribution in [0.5, 0.6) is 0 Å². The lowest BCUT2D eigenvalue weighted by Crippen LogP contribution is -1.93. The number of hydrogen-bond acceptors (Lipinski definition) is 1. The molecule has 0 aromatic heterocycles. The Morgan fingerprint density at radius 2 is 1.80 bits per heavy atom. The first-order chi connectivity index (χ1) is 4.77. The van der Waals surface area contributed by atoms with Crippen LogP contribution >= 0.6 is 0 Å². The lowest BCUT2D eigenvalue weighted by Gasteiger charge is -1.95. The second kappa shape index (κ2) is 6.59. The molecule has 0 bridgehead atoms. The van der Waals surface area contributed by atoms with Gasteiger partial charge in [0.1, 0.15) is 0 Å². The molecule has 2 nitrogen and oxygen atoms in total. The minimum atomic E-state index is -0.670. The van der Waals surface area contributed by atoms with Gasteiger partial charge in [0.15, 0.2) is 0 Å². The SMILES string of the molecule is CCCCCCC[11C](=O)O. The lowest BCUT2D eigenvalue weighted by atomic mass is 9.97. The normalized spacial score (nSPS) is 9.70. The van der Waals surface area contributed by atoms with Gasteiger partial charge in [0, 0.05) is 6.42 Å².